The number of benzene rings is 3. The zero-order valence-corrected chi connectivity index (χ0v) is 16.1. The Balaban J connectivity index is 1.79. The molecule has 3 aromatic rings. The first-order chi connectivity index (χ1) is 14.1. The Morgan fingerprint density at radius 2 is 1.72 bits per heavy atom. The Morgan fingerprint density at radius 1 is 0.931 bits per heavy atom. The lowest BCUT2D eigenvalue weighted by Crippen LogP contribution is -2.17. The Kier molecular flexibility index (Phi) is 4.91. The summed E-state index contributed by atoms with van der Waals surface area (Å²) in [4.78, 5) is 25.1. The Labute approximate surface area is 168 Å². The fraction of sp³-hybridized carbons (Fsp3) is 0.130. The summed E-state index contributed by atoms with van der Waals surface area (Å²) in [7, 11) is 3.17. The molecule has 0 unspecified atom stereocenters. The molecule has 6 heteroatoms. The molecule has 0 spiro atoms. The summed E-state index contributed by atoms with van der Waals surface area (Å²) in [5.74, 6) is 0.724. The van der Waals surface area contributed by atoms with E-state index in [0.29, 0.717) is 34.9 Å². The van der Waals surface area contributed by atoms with E-state index < -0.39 is 0 Å². The van der Waals surface area contributed by atoms with Gasteiger partial charge in [0.15, 0.2) is 11.5 Å². The Morgan fingerprint density at radius 3 is 2.45 bits per heavy atom. The molecule has 0 aromatic heterocycles. The first-order valence-corrected chi connectivity index (χ1v) is 9.16. The van der Waals surface area contributed by atoms with Gasteiger partial charge in [-0.05, 0) is 35.4 Å². The van der Waals surface area contributed by atoms with Crippen LogP contribution in [0.1, 0.15) is 26.3 Å². The van der Waals surface area contributed by atoms with E-state index in [-0.39, 0.29) is 11.8 Å². The summed E-state index contributed by atoms with van der Waals surface area (Å²) in [6.07, 6.45) is 0. The monoisotopic (exact) mass is 388 g/mol. The van der Waals surface area contributed by atoms with Gasteiger partial charge in [0.25, 0.3) is 11.8 Å². The highest BCUT2D eigenvalue weighted by Crippen LogP contribution is 2.42. The highest BCUT2D eigenvalue weighted by atomic mass is 16.5. The zero-order valence-electron chi connectivity index (χ0n) is 16.1. The number of hydrogen-bond donors (Lipinski definition) is 2. The van der Waals surface area contributed by atoms with Crippen molar-refractivity contribution in [2.45, 2.75) is 6.54 Å². The third-order valence-corrected chi connectivity index (χ3v) is 4.94. The van der Waals surface area contributed by atoms with E-state index in [9.17, 15) is 9.59 Å². The second kappa shape index (κ2) is 7.67. The number of anilines is 1. The lowest BCUT2D eigenvalue weighted by atomic mass is 9.94. The molecule has 3 aromatic carbocycles. The minimum Gasteiger partial charge on any atom is -0.493 e. The van der Waals surface area contributed by atoms with Crippen LogP contribution in [0.25, 0.3) is 11.1 Å². The second-order valence-corrected chi connectivity index (χ2v) is 6.56. The number of para-hydroxylation sites is 1. The molecule has 0 atom stereocenters. The highest BCUT2D eigenvalue weighted by Gasteiger charge is 2.28. The van der Waals surface area contributed by atoms with E-state index in [1.54, 1.807) is 44.6 Å². The smallest absolute Gasteiger partial charge is 0.255 e. The number of ether oxygens (including phenoxy) is 2. The average Bonchev–Trinajstić information content (AvgIpc) is 3.16. The number of rotatable bonds is 5. The molecule has 29 heavy (non-hydrogen) atoms. The van der Waals surface area contributed by atoms with E-state index in [0.717, 1.165) is 16.7 Å². The predicted molar refractivity (Wildman–Crippen MR) is 111 cm³/mol. The summed E-state index contributed by atoms with van der Waals surface area (Å²) in [5, 5.41) is 5.72. The minimum absolute atomic E-state index is 0.216. The molecule has 0 saturated carbocycles. The van der Waals surface area contributed by atoms with Crippen molar-refractivity contribution < 1.29 is 19.1 Å². The van der Waals surface area contributed by atoms with Crippen molar-refractivity contribution in [1.29, 1.82) is 0 Å². The number of amides is 2. The van der Waals surface area contributed by atoms with E-state index in [1.165, 1.54) is 0 Å². The van der Waals surface area contributed by atoms with Crippen LogP contribution in [0.5, 0.6) is 11.5 Å². The van der Waals surface area contributed by atoms with Gasteiger partial charge in [-0.2, -0.15) is 0 Å². The van der Waals surface area contributed by atoms with Gasteiger partial charge in [0.2, 0.25) is 0 Å². The van der Waals surface area contributed by atoms with Crippen molar-refractivity contribution in [3.63, 3.8) is 0 Å². The molecule has 4 rings (SSSR count). The molecule has 0 bridgehead atoms. The van der Waals surface area contributed by atoms with Crippen LogP contribution in [0.2, 0.25) is 0 Å². The molecular weight excluding hydrogens is 368 g/mol. The van der Waals surface area contributed by atoms with Crippen LogP contribution in [0.4, 0.5) is 5.69 Å². The molecular formula is C23H20N2O4. The summed E-state index contributed by atoms with van der Waals surface area (Å²) in [6.45, 7) is 0.374. The van der Waals surface area contributed by atoms with Crippen molar-refractivity contribution in [3.8, 4) is 22.6 Å². The maximum atomic E-state index is 12.6. The van der Waals surface area contributed by atoms with Gasteiger partial charge < -0.3 is 20.1 Å². The van der Waals surface area contributed by atoms with Gasteiger partial charge in [-0.15, -0.1) is 0 Å². The molecule has 0 fully saturated rings. The molecule has 0 aliphatic carbocycles. The highest BCUT2D eigenvalue weighted by molar-refractivity contribution is 6.11. The van der Waals surface area contributed by atoms with Gasteiger partial charge in [0, 0.05) is 17.7 Å². The number of carbonyl (C=O) groups is 2. The van der Waals surface area contributed by atoms with E-state index in [4.69, 9.17) is 9.47 Å². The SMILES string of the molecule is COc1cccc(-c2ccc(NC(=O)c3ccccc3)c3c2CNC3=O)c1OC. The van der Waals surface area contributed by atoms with Crippen LogP contribution in [-0.4, -0.2) is 26.0 Å². The van der Waals surface area contributed by atoms with Crippen LogP contribution >= 0.6 is 0 Å². The molecule has 0 saturated heterocycles. The van der Waals surface area contributed by atoms with Crippen LogP contribution in [0.15, 0.2) is 60.7 Å². The first-order valence-electron chi connectivity index (χ1n) is 9.16. The van der Waals surface area contributed by atoms with Gasteiger partial charge in [0.05, 0.1) is 25.5 Å². The molecule has 1 heterocycles. The fourth-order valence-electron chi connectivity index (χ4n) is 3.59. The summed E-state index contributed by atoms with van der Waals surface area (Å²) >= 11 is 0. The number of methoxy groups -OCH3 is 2. The Bertz CT molecular complexity index is 1090. The van der Waals surface area contributed by atoms with Crippen LogP contribution < -0.4 is 20.1 Å². The first kappa shape index (κ1) is 18.6. The molecule has 146 valence electrons. The van der Waals surface area contributed by atoms with Crippen molar-refractivity contribution in [1.82, 2.24) is 5.32 Å². The normalized spacial score (nSPS) is 12.1. The largest absolute Gasteiger partial charge is 0.493 e. The van der Waals surface area contributed by atoms with E-state index in [1.807, 2.05) is 30.3 Å². The standard InChI is InChI=1S/C23H20N2O4/c1-28-19-10-6-9-16(21(19)29-2)15-11-12-18(20-17(15)13-24-23(20)27)25-22(26)14-7-4-3-5-8-14/h3-12H,13H2,1-2H3,(H,24,27)(H,25,26). The molecule has 6 nitrogen and oxygen atoms in total. The van der Waals surface area contributed by atoms with Gasteiger partial charge in [0.1, 0.15) is 0 Å². The molecule has 0 radical (unpaired) electrons. The maximum absolute atomic E-state index is 12.6. The van der Waals surface area contributed by atoms with Crippen LogP contribution in [0.3, 0.4) is 0 Å². The quantitative estimate of drug-likeness (QED) is 0.696. The van der Waals surface area contributed by atoms with Crippen LogP contribution in [0, 0.1) is 0 Å². The summed E-state index contributed by atoms with van der Waals surface area (Å²) in [5.41, 5.74) is 3.96. The molecule has 1 aliphatic heterocycles. The van der Waals surface area contributed by atoms with Gasteiger partial charge in [-0.25, -0.2) is 0 Å². The summed E-state index contributed by atoms with van der Waals surface area (Å²) < 4.78 is 11.0. The van der Waals surface area contributed by atoms with E-state index in [2.05, 4.69) is 10.6 Å². The van der Waals surface area contributed by atoms with Crippen molar-refractivity contribution in [2.75, 3.05) is 19.5 Å². The van der Waals surface area contributed by atoms with E-state index >= 15 is 0 Å². The Hall–Kier alpha value is -3.80. The molecule has 2 amide bonds. The van der Waals surface area contributed by atoms with Gasteiger partial charge in [-0.1, -0.05) is 36.4 Å². The molecule has 2 N–H and O–H groups in total. The topological polar surface area (TPSA) is 76.7 Å². The fourth-order valence-corrected chi connectivity index (χ4v) is 3.59. The minimum atomic E-state index is -0.265. The predicted octanol–water partition coefficient (Wildman–Crippen LogP) is 3.87. The van der Waals surface area contributed by atoms with Crippen molar-refractivity contribution in [3.05, 3.63) is 77.4 Å². The maximum Gasteiger partial charge on any atom is 0.255 e. The van der Waals surface area contributed by atoms with Crippen molar-refractivity contribution >= 4 is 17.5 Å². The van der Waals surface area contributed by atoms with Gasteiger partial charge >= 0.3 is 0 Å². The third kappa shape index (κ3) is 3.29. The number of fused-ring (bicyclic) bond motifs is 1. The number of carbonyl (C=O) groups excluding carboxylic acids is 2. The third-order valence-electron chi connectivity index (χ3n) is 4.94. The average molecular weight is 388 g/mol. The van der Waals surface area contributed by atoms with Crippen molar-refractivity contribution in [2.24, 2.45) is 0 Å². The second-order valence-electron chi connectivity index (χ2n) is 6.56. The van der Waals surface area contributed by atoms with Crippen LogP contribution in [-0.2, 0) is 6.54 Å². The number of hydrogen-bond acceptors (Lipinski definition) is 4. The number of nitrogens with one attached hydrogen (secondary N) is 2. The lowest BCUT2D eigenvalue weighted by Gasteiger charge is -2.16. The summed E-state index contributed by atoms with van der Waals surface area (Å²) in [6, 6.07) is 18.1. The molecule has 1 aliphatic rings. The van der Waals surface area contributed by atoms with Gasteiger partial charge in [-0.3, -0.25) is 9.59 Å². The zero-order chi connectivity index (χ0) is 20.4. The lowest BCUT2D eigenvalue weighted by molar-refractivity contribution is 0.0966.